The number of rotatable bonds is 12. The maximum absolute atomic E-state index is 15.0. The van der Waals surface area contributed by atoms with Gasteiger partial charge in [-0.15, -0.1) is 0 Å². The van der Waals surface area contributed by atoms with Crippen LogP contribution >= 0.6 is 11.8 Å². The van der Waals surface area contributed by atoms with E-state index in [4.69, 9.17) is 28.9 Å². The van der Waals surface area contributed by atoms with Crippen molar-refractivity contribution in [3.8, 4) is 17.2 Å². The minimum atomic E-state index is -0.675. The SMILES string of the molecule is COc1ccc(CSCc2cnc(N3C(=O)C4(CCCCC4)C4(CCCCC4)C3=O)c3ncn([C@H]4C[C@H](Oc5ccc(C)cc5)[C@@H](COc5ccc(C)cc5)O4)c23)cc1. The van der Waals surface area contributed by atoms with E-state index in [1.807, 2.05) is 66.9 Å². The Kier molecular flexibility index (Phi) is 11.2. The number of fused-ring (bicyclic) bond motifs is 2. The summed E-state index contributed by atoms with van der Waals surface area (Å²) in [5.41, 5.74) is 4.47. The molecule has 2 saturated carbocycles. The van der Waals surface area contributed by atoms with Gasteiger partial charge >= 0.3 is 0 Å². The van der Waals surface area contributed by atoms with Crippen LogP contribution in [0.5, 0.6) is 17.2 Å². The van der Waals surface area contributed by atoms with Crippen LogP contribution < -0.4 is 19.1 Å². The lowest BCUT2D eigenvalue weighted by molar-refractivity contribution is -0.141. The first-order valence-electron chi connectivity index (χ1n) is 21.3. The molecule has 0 radical (unpaired) electrons. The van der Waals surface area contributed by atoms with Crippen LogP contribution in [-0.2, 0) is 25.8 Å². The van der Waals surface area contributed by atoms with Gasteiger partial charge in [0.15, 0.2) is 5.82 Å². The molecule has 2 aliphatic carbocycles. The number of pyridine rings is 1. The number of benzene rings is 3. The van der Waals surface area contributed by atoms with E-state index in [-0.39, 0.29) is 17.9 Å². The normalized spacial score (nSPS) is 22.4. The molecule has 2 spiro atoms. The summed E-state index contributed by atoms with van der Waals surface area (Å²) in [5, 5.41) is 0. The standard InChI is InChI=1S/C48H54N4O6S/c1-32-10-16-37(17-11-32)56-28-40-39(57-38-18-12-33(2)13-19-38)26-41(58-40)51-31-50-42-43(51)35(30-59-29-34-14-20-36(55-3)21-15-34)27-49-44(42)52-45(53)47(22-6-4-7-23-47)48(46(52)54)24-8-5-9-25-48/h10-21,27,31,39-41H,4-9,22-26,28-30H2,1-3H3/t39-,40+,41+/m0/s1. The fourth-order valence-electron chi connectivity index (χ4n) is 10.2. The molecule has 11 heteroatoms. The van der Waals surface area contributed by atoms with E-state index in [1.165, 1.54) is 10.5 Å². The Hall–Kier alpha value is -4.87. The van der Waals surface area contributed by atoms with Crippen LogP contribution in [0.25, 0.3) is 11.0 Å². The number of amides is 2. The number of carbonyl (C=O) groups is 2. The van der Waals surface area contributed by atoms with E-state index in [2.05, 4.69) is 30.5 Å². The Balaban J connectivity index is 1.08. The van der Waals surface area contributed by atoms with Crippen molar-refractivity contribution < 1.29 is 28.5 Å². The van der Waals surface area contributed by atoms with Crippen molar-refractivity contribution in [1.29, 1.82) is 0 Å². The van der Waals surface area contributed by atoms with Crippen molar-refractivity contribution in [3.05, 3.63) is 108 Å². The summed E-state index contributed by atoms with van der Waals surface area (Å²) in [7, 11) is 1.67. The quantitative estimate of drug-likeness (QED) is 0.114. The van der Waals surface area contributed by atoms with Crippen molar-refractivity contribution in [3.63, 3.8) is 0 Å². The number of hydrogen-bond acceptors (Lipinski definition) is 9. The molecule has 4 heterocycles. The van der Waals surface area contributed by atoms with Crippen molar-refractivity contribution in [2.75, 3.05) is 18.6 Å². The van der Waals surface area contributed by atoms with Gasteiger partial charge in [0.2, 0.25) is 11.8 Å². The zero-order chi connectivity index (χ0) is 40.6. The molecule has 0 bridgehead atoms. The van der Waals surface area contributed by atoms with Gasteiger partial charge < -0.3 is 23.5 Å². The predicted molar refractivity (Wildman–Crippen MR) is 230 cm³/mol. The smallest absolute Gasteiger partial charge is 0.242 e. The van der Waals surface area contributed by atoms with E-state index in [9.17, 15) is 9.59 Å². The van der Waals surface area contributed by atoms with Crippen LogP contribution in [0.1, 0.15) is 99.1 Å². The highest BCUT2D eigenvalue weighted by Crippen LogP contribution is 2.63. The number of imide groups is 1. The monoisotopic (exact) mass is 814 g/mol. The van der Waals surface area contributed by atoms with Crippen LogP contribution in [0, 0.1) is 24.7 Å². The molecule has 3 aromatic carbocycles. The molecular weight excluding hydrogens is 761 g/mol. The summed E-state index contributed by atoms with van der Waals surface area (Å²) >= 11 is 1.77. The molecule has 5 aromatic rings. The van der Waals surface area contributed by atoms with Gasteiger partial charge in [0.1, 0.15) is 47.8 Å². The molecule has 4 fully saturated rings. The number of aryl methyl sites for hydroxylation is 2. The first kappa shape index (κ1) is 39.6. The number of nitrogens with zero attached hydrogens (tertiary/aromatic N) is 4. The van der Waals surface area contributed by atoms with Gasteiger partial charge in [0.05, 0.1) is 29.8 Å². The average Bonchev–Trinajstić information content (AvgIpc) is 3.93. The zero-order valence-electron chi connectivity index (χ0n) is 34.4. The molecule has 2 aromatic heterocycles. The van der Waals surface area contributed by atoms with Gasteiger partial charge in [0, 0.05) is 29.7 Å². The first-order valence-corrected chi connectivity index (χ1v) is 22.5. The maximum atomic E-state index is 15.0. The highest BCUT2D eigenvalue weighted by Gasteiger charge is 2.69. The molecular formula is C48H54N4O6S. The molecule has 308 valence electrons. The lowest BCUT2D eigenvalue weighted by atomic mass is 9.53. The fourth-order valence-corrected chi connectivity index (χ4v) is 11.1. The second kappa shape index (κ2) is 16.6. The third-order valence-corrected chi connectivity index (χ3v) is 14.4. The molecule has 0 N–H and O–H groups in total. The van der Waals surface area contributed by atoms with Crippen LogP contribution in [0.2, 0.25) is 0 Å². The Morgan fingerprint density at radius 1 is 0.746 bits per heavy atom. The first-order chi connectivity index (χ1) is 28.8. The highest BCUT2D eigenvalue weighted by molar-refractivity contribution is 7.97. The molecule has 2 saturated heterocycles. The number of carbonyl (C=O) groups excluding carboxylic acids is 2. The van der Waals surface area contributed by atoms with Gasteiger partial charge in [-0.25, -0.2) is 14.9 Å². The third kappa shape index (κ3) is 7.39. The second-order valence-electron chi connectivity index (χ2n) is 17.0. The van der Waals surface area contributed by atoms with E-state index in [0.717, 1.165) is 109 Å². The zero-order valence-corrected chi connectivity index (χ0v) is 35.2. The van der Waals surface area contributed by atoms with Crippen molar-refractivity contribution in [2.24, 2.45) is 10.8 Å². The van der Waals surface area contributed by atoms with E-state index in [0.29, 0.717) is 30.1 Å². The number of aromatic nitrogens is 3. The summed E-state index contributed by atoms with van der Waals surface area (Å²) < 4.78 is 27.3. The summed E-state index contributed by atoms with van der Waals surface area (Å²) in [4.78, 5) is 41.4. The van der Waals surface area contributed by atoms with E-state index >= 15 is 0 Å². The predicted octanol–water partition coefficient (Wildman–Crippen LogP) is 10.1. The molecule has 9 rings (SSSR count). The van der Waals surface area contributed by atoms with Gasteiger partial charge in [0.25, 0.3) is 0 Å². The number of ether oxygens (including phenoxy) is 4. The summed E-state index contributed by atoms with van der Waals surface area (Å²) in [5.74, 6) is 3.95. The Morgan fingerprint density at radius 2 is 1.34 bits per heavy atom. The molecule has 10 nitrogen and oxygen atoms in total. The fraction of sp³-hybridized carbons (Fsp3) is 0.458. The van der Waals surface area contributed by atoms with Crippen LogP contribution in [0.3, 0.4) is 0 Å². The topological polar surface area (TPSA) is 105 Å². The van der Waals surface area contributed by atoms with E-state index < -0.39 is 23.2 Å². The molecule has 3 atom stereocenters. The summed E-state index contributed by atoms with van der Waals surface area (Å²) in [6.07, 6.45) is 12.1. The summed E-state index contributed by atoms with van der Waals surface area (Å²) in [6.45, 7) is 4.41. The largest absolute Gasteiger partial charge is 0.497 e. The number of thioether (sulfide) groups is 1. The van der Waals surface area contributed by atoms with Gasteiger partial charge in [-0.1, -0.05) is 86.1 Å². The number of anilines is 1. The number of imidazole rings is 1. The average molecular weight is 815 g/mol. The molecule has 2 amide bonds. The van der Waals surface area contributed by atoms with Gasteiger partial charge in [-0.05, 0) is 81.5 Å². The summed E-state index contributed by atoms with van der Waals surface area (Å²) in [6, 6.07) is 24.2. The Labute approximate surface area is 351 Å². The minimum Gasteiger partial charge on any atom is -0.497 e. The van der Waals surface area contributed by atoms with Crippen molar-refractivity contribution in [1.82, 2.24) is 14.5 Å². The van der Waals surface area contributed by atoms with Crippen molar-refractivity contribution >= 4 is 40.4 Å². The minimum absolute atomic E-state index is 0.0777. The lowest BCUT2D eigenvalue weighted by Gasteiger charge is -2.46. The molecule has 0 unspecified atom stereocenters. The second-order valence-corrected chi connectivity index (χ2v) is 18.0. The number of methoxy groups -OCH3 is 1. The van der Waals surface area contributed by atoms with Crippen molar-refractivity contribution in [2.45, 2.75) is 114 Å². The third-order valence-electron chi connectivity index (χ3n) is 13.3. The van der Waals surface area contributed by atoms with Gasteiger partial charge in [-0.2, -0.15) is 11.8 Å². The van der Waals surface area contributed by atoms with Crippen LogP contribution in [0.4, 0.5) is 5.82 Å². The Bertz CT molecular complexity index is 2240. The molecule has 2 aliphatic heterocycles. The van der Waals surface area contributed by atoms with Crippen LogP contribution in [0.15, 0.2) is 85.3 Å². The maximum Gasteiger partial charge on any atom is 0.242 e. The van der Waals surface area contributed by atoms with E-state index in [1.54, 1.807) is 25.2 Å². The van der Waals surface area contributed by atoms with Gasteiger partial charge in [-0.3, -0.25) is 9.59 Å². The number of hydrogen-bond donors (Lipinski definition) is 0. The van der Waals surface area contributed by atoms with Crippen LogP contribution in [-0.4, -0.2) is 52.3 Å². The Morgan fingerprint density at radius 3 is 1.95 bits per heavy atom. The lowest BCUT2D eigenvalue weighted by Crippen LogP contribution is -2.47. The highest BCUT2D eigenvalue weighted by atomic mass is 32.2. The molecule has 4 aliphatic rings. The molecule has 59 heavy (non-hydrogen) atoms.